The number of H-pyrrole nitrogens is 1. The predicted molar refractivity (Wildman–Crippen MR) is 66.8 cm³/mol. The Labute approximate surface area is 95.6 Å². The second-order valence-corrected chi connectivity index (χ2v) is 3.94. The van der Waals surface area contributed by atoms with Crippen LogP contribution in [0.15, 0.2) is 24.4 Å². The number of fused-ring (bicyclic) bond motifs is 1. The largest absolute Gasteiger partial charge is 0.495 e. The monoisotopic (exact) mass is 218 g/mol. The third-order valence-corrected chi connectivity index (χ3v) is 2.90. The number of methoxy groups -OCH3 is 1. The fourth-order valence-electron chi connectivity index (χ4n) is 2.04. The Morgan fingerprint density at radius 3 is 2.88 bits per heavy atom. The molecule has 0 bridgehead atoms. The van der Waals surface area contributed by atoms with Crippen LogP contribution in [-0.2, 0) is 6.42 Å². The van der Waals surface area contributed by atoms with E-state index in [9.17, 15) is 0 Å². The van der Waals surface area contributed by atoms with Gasteiger partial charge in [0.1, 0.15) is 5.75 Å². The minimum absolute atomic E-state index is 0.770. The number of unbranched alkanes of at least 4 members (excludes halogenated alkanes) is 1. The third kappa shape index (κ3) is 2.04. The predicted octanol–water partition coefficient (Wildman–Crippen LogP) is 2.46. The van der Waals surface area contributed by atoms with Gasteiger partial charge in [0.2, 0.25) is 0 Å². The minimum Gasteiger partial charge on any atom is -0.495 e. The van der Waals surface area contributed by atoms with Crippen LogP contribution in [0, 0.1) is 0 Å². The summed E-state index contributed by atoms with van der Waals surface area (Å²) in [5.41, 5.74) is 7.96. The highest BCUT2D eigenvalue weighted by molar-refractivity contribution is 5.88. The first-order chi connectivity index (χ1) is 7.86. The summed E-state index contributed by atoms with van der Waals surface area (Å²) < 4.78 is 5.32. The molecule has 0 aliphatic heterocycles. The van der Waals surface area contributed by atoms with Crippen LogP contribution in [-0.4, -0.2) is 18.6 Å². The summed E-state index contributed by atoms with van der Waals surface area (Å²) in [6, 6.07) is 6.28. The Balaban J connectivity index is 2.29. The fraction of sp³-hybridized carbons (Fsp3) is 0.385. The van der Waals surface area contributed by atoms with E-state index in [1.165, 1.54) is 10.9 Å². The van der Waals surface area contributed by atoms with E-state index in [0.29, 0.717) is 0 Å². The highest BCUT2D eigenvalue weighted by Crippen LogP contribution is 2.27. The molecular weight excluding hydrogens is 200 g/mol. The topological polar surface area (TPSA) is 51.0 Å². The molecule has 3 nitrogen and oxygen atoms in total. The molecule has 0 saturated heterocycles. The maximum absolute atomic E-state index is 5.50. The Hall–Kier alpha value is -1.48. The van der Waals surface area contributed by atoms with Crippen LogP contribution in [0.3, 0.4) is 0 Å². The lowest BCUT2D eigenvalue weighted by Gasteiger charge is -2.06. The Bertz CT molecular complexity index is 462. The maximum atomic E-state index is 5.50. The van der Waals surface area contributed by atoms with Gasteiger partial charge < -0.3 is 15.5 Å². The number of hydrogen-bond donors (Lipinski definition) is 2. The zero-order valence-electron chi connectivity index (χ0n) is 9.62. The summed E-state index contributed by atoms with van der Waals surface area (Å²) in [6.45, 7) is 0.770. The van der Waals surface area contributed by atoms with Gasteiger partial charge in [-0.1, -0.05) is 6.07 Å². The van der Waals surface area contributed by atoms with E-state index >= 15 is 0 Å². The quantitative estimate of drug-likeness (QED) is 0.757. The molecule has 0 aliphatic rings. The van der Waals surface area contributed by atoms with Gasteiger partial charge in [0.05, 0.1) is 12.6 Å². The van der Waals surface area contributed by atoms with Gasteiger partial charge in [0, 0.05) is 11.6 Å². The van der Waals surface area contributed by atoms with E-state index in [0.717, 1.165) is 37.1 Å². The molecule has 0 radical (unpaired) electrons. The molecule has 2 rings (SSSR count). The van der Waals surface area contributed by atoms with Crippen molar-refractivity contribution in [2.75, 3.05) is 13.7 Å². The minimum atomic E-state index is 0.770. The second kappa shape index (κ2) is 5.03. The van der Waals surface area contributed by atoms with Gasteiger partial charge >= 0.3 is 0 Å². The molecule has 2 aromatic rings. The summed E-state index contributed by atoms with van der Waals surface area (Å²) in [6.07, 6.45) is 5.26. The molecule has 1 aromatic carbocycles. The lowest BCUT2D eigenvalue weighted by molar-refractivity contribution is 0.419. The van der Waals surface area contributed by atoms with Crippen molar-refractivity contribution in [2.24, 2.45) is 5.73 Å². The van der Waals surface area contributed by atoms with E-state index < -0.39 is 0 Å². The molecule has 0 atom stereocenters. The zero-order valence-corrected chi connectivity index (χ0v) is 9.62. The van der Waals surface area contributed by atoms with Crippen LogP contribution < -0.4 is 10.5 Å². The molecule has 0 saturated carbocycles. The Kier molecular flexibility index (Phi) is 3.47. The van der Waals surface area contributed by atoms with E-state index in [1.807, 2.05) is 12.3 Å². The van der Waals surface area contributed by atoms with E-state index in [-0.39, 0.29) is 0 Å². The zero-order chi connectivity index (χ0) is 11.4. The fourth-order valence-corrected chi connectivity index (χ4v) is 2.04. The second-order valence-electron chi connectivity index (χ2n) is 3.94. The van der Waals surface area contributed by atoms with Crippen LogP contribution >= 0.6 is 0 Å². The Morgan fingerprint density at radius 2 is 2.12 bits per heavy atom. The maximum Gasteiger partial charge on any atom is 0.142 e. The summed E-state index contributed by atoms with van der Waals surface area (Å²) in [5.74, 6) is 0.905. The molecule has 0 unspecified atom stereocenters. The third-order valence-electron chi connectivity index (χ3n) is 2.90. The summed E-state index contributed by atoms with van der Waals surface area (Å²) in [5, 5.41) is 1.26. The van der Waals surface area contributed by atoms with Crippen LogP contribution in [0.2, 0.25) is 0 Å². The smallest absolute Gasteiger partial charge is 0.142 e. The lowest BCUT2D eigenvalue weighted by Crippen LogP contribution is -1.99. The molecule has 0 aliphatic carbocycles. The molecule has 0 fully saturated rings. The van der Waals surface area contributed by atoms with Crippen LogP contribution in [0.4, 0.5) is 0 Å². The van der Waals surface area contributed by atoms with Gasteiger partial charge in [-0.05, 0) is 43.5 Å². The summed E-state index contributed by atoms with van der Waals surface area (Å²) in [7, 11) is 1.70. The first-order valence-corrected chi connectivity index (χ1v) is 5.70. The summed E-state index contributed by atoms with van der Waals surface area (Å²) in [4.78, 5) is 3.22. The molecule has 86 valence electrons. The number of nitrogens with two attached hydrogens (primary N) is 1. The first kappa shape index (κ1) is 11.0. The number of aromatic amines is 1. The lowest BCUT2D eigenvalue weighted by atomic mass is 10.0. The number of benzene rings is 1. The number of hydrogen-bond acceptors (Lipinski definition) is 2. The Morgan fingerprint density at radius 1 is 1.25 bits per heavy atom. The van der Waals surface area contributed by atoms with Crippen LogP contribution in [0.5, 0.6) is 5.75 Å². The number of nitrogens with one attached hydrogen (secondary N) is 1. The van der Waals surface area contributed by atoms with Gasteiger partial charge in [0.15, 0.2) is 0 Å². The van der Waals surface area contributed by atoms with Crippen molar-refractivity contribution in [3.8, 4) is 5.75 Å². The van der Waals surface area contributed by atoms with Gasteiger partial charge in [-0.25, -0.2) is 0 Å². The standard InChI is InChI=1S/C13H18N2O/c1-16-12-6-5-10(4-2-3-8-14)11-7-9-15-13(11)12/h5-7,9,15H,2-4,8,14H2,1H3. The van der Waals surface area contributed by atoms with Gasteiger partial charge in [-0.2, -0.15) is 0 Å². The van der Waals surface area contributed by atoms with Crippen molar-refractivity contribution in [3.05, 3.63) is 30.0 Å². The van der Waals surface area contributed by atoms with Crippen molar-refractivity contribution < 1.29 is 4.74 Å². The highest BCUT2D eigenvalue weighted by atomic mass is 16.5. The number of rotatable bonds is 5. The van der Waals surface area contributed by atoms with Crippen molar-refractivity contribution >= 4 is 10.9 Å². The molecule has 3 N–H and O–H groups in total. The number of aromatic nitrogens is 1. The molecule has 0 amide bonds. The molecule has 3 heteroatoms. The highest BCUT2D eigenvalue weighted by Gasteiger charge is 2.06. The number of ether oxygens (including phenoxy) is 1. The molecule has 1 heterocycles. The van der Waals surface area contributed by atoms with Crippen molar-refractivity contribution in [3.63, 3.8) is 0 Å². The average Bonchev–Trinajstić information content (AvgIpc) is 2.79. The van der Waals surface area contributed by atoms with Gasteiger partial charge in [-0.15, -0.1) is 0 Å². The molecule has 16 heavy (non-hydrogen) atoms. The van der Waals surface area contributed by atoms with Gasteiger partial charge in [-0.3, -0.25) is 0 Å². The number of aryl methyl sites for hydroxylation is 1. The summed E-state index contributed by atoms with van der Waals surface area (Å²) >= 11 is 0. The molecule has 0 spiro atoms. The van der Waals surface area contributed by atoms with E-state index in [1.54, 1.807) is 7.11 Å². The van der Waals surface area contributed by atoms with E-state index in [2.05, 4.69) is 17.1 Å². The van der Waals surface area contributed by atoms with Crippen molar-refractivity contribution in [2.45, 2.75) is 19.3 Å². The molecular formula is C13H18N2O. The first-order valence-electron chi connectivity index (χ1n) is 5.70. The van der Waals surface area contributed by atoms with E-state index in [4.69, 9.17) is 10.5 Å². The van der Waals surface area contributed by atoms with Gasteiger partial charge in [0.25, 0.3) is 0 Å². The van der Waals surface area contributed by atoms with Crippen molar-refractivity contribution in [1.82, 2.24) is 4.98 Å². The average molecular weight is 218 g/mol. The van der Waals surface area contributed by atoms with Crippen molar-refractivity contribution in [1.29, 1.82) is 0 Å². The van der Waals surface area contributed by atoms with Crippen LogP contribution in [0.25, 0.3) is 10.9 Å². The van der Waals surface area contributed by atoms with Crippen LogP contribution in [0.1, 0.15) is 18.4 Å². The molecule has 1 aromatic heterocycles. The SMILES string of the molecule is COc1ccc(CCCCN)c2cc[nH]c12. The normalized spacial score (nSPS) is 10.9.